The van der Waals surface area contributed by atoms with E-state index in [1.54, 1.807) is 6.08 Å². The van der Waals surface area contributed by atoms with Crippen LogP contribution in [0.4, 0.5) is 4.39 Å². The predicted molar refractivity (Wildman–Crippen MR) is 97.3 cm³/mol. The van der Waals surface area contributed by atoms with Crippen LogP contribution in [0.1, 0.15) is 49.1 Å². The molecule has 0 aliphatic heterocycles. The fourth-order valence-electron chi connectivity index (χ4n) is 3.53. The Morgan fingerprint density at radius 1 is 0.917 bits per heavy atom. The van der Waals surface area contributed by atoms with Gasteiger partial charge in [-0.2, -0.15) is 0 Å². The highest BCUT2D eigenvalue weighted by Crippen LogP contribution is 2.37. The quantitative estimate of drug-likeness (QED) is 0.579. The zero-order chi connectivity index (χ0) is 16.8. The van der Waals surface area contributed by atoms with Gasteiger partial charge in [0.2, 0.25) is 0 Å². The summed E-state index contributed by atoms with van der Waals surface area (Å²) in [5.74, 6) is 3.03. The van der Waals surface area contributed by atoms with E-state index in [4.69, 9.17) is 4.74 Å². The van der Waals surface area contributed by atoms with Gasteiger partial charge in [0.15, 0.2) is 0 Å². The van der Waals surface area contributed by atoms with Crippen LogP contribution < -0.4 is 4.74 Å². The molecule has 0 unspecified atom stereocenters. The van der Waals surface area contributed by atoms with Crippen molar-refractivity contribution in [3.63, 3.8) is 0 Å². The fraction of sp³-hybridized carbons (Fsp3) is 0.364. The summed E-state index contributed by atoms with van der Waals surface area (Å²) < 4.78 is 18.0. The number of halogens is 1. The molecule has 0 spiro atoms. The topological polar surface area (TPSA) is 9.23 Å². The first-order chi connectivity index (χ1) is 11.7. The molecule has 0 heterocycles. The van der Waals surface area contributed by atoms with Crippen LogP contribution in [0.15, 0.2) is 60.9 Å². The van der Waals surface area contributed by atoms with Crippen LogP contribution in [0.2, 0.25) is 0 Å². The lowest BCUT2D eigenvalue weighted by molar-refractivity contribution is 0.327. The Kier molecular flexibility index (Phi) is 5.68. The highest BCUT2D eigenvalue weighted by molar-refractivity contribution is 5.35. The third-order valence-corrected chi connectivity index (χ3v) is 5.01. The maximum atomic E-state index is 12.1. The smallest absolute Gasteiger partial charge is 0.127 e. The lowest BCUT2D eigenvalue weighted by Gasteiger charge is -2.28. The molecule has 0 N–H and O–H groups in total. The first kappa shape index (κ1) is 16.8. The maximum absolute atomic E-state index is 12.1. The van der Waals surface area contributed by atoms with Gasteiger partial charge in [-0.3, -0.25) is 0 Å². The summed E-state index contributed by atoms with van der Waals surface area (Å²) in [6.07, 6.45) is 7.99. The number of aryl methyl sites for hydroxylation is 1. The van der Waals surface area contributed by atoms with Crippen molar-refractivity contribution in [2.24, 2.45) is 5.92 Å². The van der Waals surface area contributed by atoms with E-state index in [-0.39, 0.29) is 0 Å². The van der Waals surface area contributed by atoms with Crippen molar-refractivity contribution in [2.75, 3.05) is 0 Å². The molecule has 1 aliphatic carbocycles. The van der Waals surface area contributed by atoms with Crippen molar-refractivity contribution >= 4 is 0 Å². The van der Waals surface area contributed by atoms with E-state index in [0.29, 0.717) is 18.2 Å². The average Bonchev–Trinajstić information content (AvgIpc) is 2.63. The Hall–Kier alpha value is -2.09. The van der Waals surface area contributed by atoms with E-state index in [0.717, 1.165) is 17.9 Å². The van der Waals surface area contributed by atoms with E-state index in [1.807, 2.05) is 12.1 Å². The molecule has 0 atom stereocenters. The van der Waals surface area contributed by atoms with Gasteiger partial charge >= 0.3 is 0 Å². The molecule has 2 heteroatoms. The van der Waals surface area contributed by atoms with Crippen LogP contribution in [0.25, 0.3) is 0 Å². The second kappa shape index (κ2) is 8.14. The number of hydrogen-bond donors (Lipinski definition) is 0. The van der Waals surface area contributed by atoms with E-state index in [2.05, 4.69) is 43.3 Å². The van der Waals surface area contributed by atoms with Crippen LogP contribution in [0.5, 0.6) is 11.5 Å². The Labute approximate surface area is 144 Å². The largest absolute Gasteiger partial charge is 0.457 e. The van der Waals surface area contributed by atoms with Crippen molar-refractivity contribution < 1.29 is 9.13 Å². The maximum Gasteiger partial charge on any atom is 0.127 e. The molecule has 2 aromatic carbocycles. The monoisotopic (exact) mass is 324 g/mol. The zero-order valence-corrected chi connectivity index (χ0v) is 14.2. The summed E-state index contributed by atoms with van der Waals surface area (Å²) in [5, 5.41) is 0. The standard InChI is InChI=1S/C22H25FO/c1-17-4-12-21(13-5-17)24-22-14-10-20(11-15-22)19-8-6-18(7-9-19)3-2-16-23/h2,4-5,10-16,18-19H,3,6-9H2,1H3/b16-2+. The number of allylic oxidation sites excluding steroid dienone is 1. The van der Waals surface area contributed by atoms with Crippen molar-refractivity contribution in [1.29, 1.82) is 0 Å². The van der Waals surface area contributed by atoms with Gasteiger partial charge in [-0.05, 0) is 80.7 Å². The van der Waals surface area contributed by atoms with Crippen molar-refractivity contribution in [3.8, 4) is 11.5 Å². The van der Waals surface area contributed by atoms with Crippen LogP contribution in [-0.4, -0.2) is 0 Å². The molecule has 0 saturated heterocycles. The molecule has 1 nitrogen and oxygen atoms in total. The number of benzene rings is 2. The predicted octanol–water partition coefficient (Wildman–Crippen LogP) is 6.93. The molecule has 1 saturated carbocycles. The van der Waals surface area contributed by atoms with Gasteiger partial charge in [-0.25, -0.2) is 4.39 Å². The summed E-state index contributed by atoms with van der Waals surface area (Å²) in [6.45, 7) is 2.07. The third-order valence-electron chi connectivity index (χ3n) is 5.01. The van der Waals surface area contributed by atoms with Crippen LogP contribution in [0.3, 0.4) is 0 Å². The van der Waals surface area contributed by atoms with Crippen molar-refractivity contribution in [3.05, 3.63) is 72.1 Å². The van der Waals surface area contributed by atoms with E-state index >= 15 is 0 Å². The Bertz CT molecular complexity index is 649. The van der Waals surface area contributed by atoms with Crippen molar-refractivity contribution in [2.45, 2.75) is 44.9 Å². The average molecular weight is 324 g/mol. The minimum atomic E-state index is 0.629. The molecular formula is C22H25FO. The lowest BCUT2D eigenvalue weighted by Crippen LogP contribution is -2.12. The molecule has 2 aromatic rings. The normalized spacial score (nSPS) is 21.1. The molecule has 1 fully saturated rings. The second-order valence-electron chi connectivity index (χ2n) is 6.80. The van der Waals surface area contributed by atoms with Gasteiger partial charge in [0.1, 0.15) is 11.5 Å². The molecule has 24 heavy (non-hydrogen) atoms. The van der Waals surface area contributed by atoms with Crippen LogP contribution in [-0.2, 0) is 0 Å². The third kappa shape index (κ3) is 4.47. The van der Waals surface area contributed by atoms with E-state index in [1.165, 1.54) is 36.8 Å². The Morgan fingerprint density at radius 3 is 2.08 bits per heavy atom. The highest BCUT2D eigenvalue weighted by Gasteiger charge is 2.21. The van der Waals surface area contributed by atoms with Crippen molar-refractivity contribution in [1.82, 2.24) is 0 Å². The molecule has 0 bridgehead atoms. The molecular weight excluding hydrogens is 299 g/mol. The minimum absolute atomic E-state index is 0.629. The van der Waals surface area contributed by atoms with Gasteiger partial charge in [-0.15, -0.1) is 0 Å². The summed E-state index contributed by atoms with van der Waals surface area (Å²) in [7, 11) is 0. The summed E-state index contributed by atoms with van der Waals surface area (Å²) in [5.41, 5.74) is 2.63. The van der Waals surface area contributed by atoms with Gasteiger partial charge in [-0.1, -0.05) is 35.9 Å². The van der Waals surface area contributed by atoms with Gasteiger partial charge in [0.25, 0.3) is 0 Å². The summed E-state index contributed by atoms with van der Waals surface area (Å²) >= 11 is 0. The molecule has 0 amide bonds. The van der Waals surface area contributed by atoms with Gasteiger partial charge in [0, 0.05) is 0 Å². The lowest BCUT2D eigenvalue weighted by atomic mass is 9.77. The minimum Gasteiger partial charge on any atom is -0.457 e. The fourth-order valence-corrected chi connectivity index (χ4v) is 3.53. The Morgan fingerprint density at radius 2 is 1.50 bits per heavy atom. The zero-order valence-electron chi connectivity index (χ0n) is 14.2. The number of ether oxygens (including phenoxy) is 1. The van der Waals surface area contributed by atoms with Crippen LogP contribution in [0, 0.1) is 12.8 Å². The second-order valence-corrected chi connectivity index (χ2v) is 6.80. The number of hydrogen-bond acceptors (Lipinski definition) is 1. The SMILES string of the molecule is Cc1ccc(Oc2ccc(C3CCC(C/C=C/F)CC3)cc2)cc1. The summed E-state index contributed by atoms with van der Waals surface area (Å²) in [4.78, 5) is 0. The molecule has 126 valence electrons. The van der Waals surface area contributed by atoms with E-state index < -0.39 is 0 Å². The van der Waals surface area contributed by atoms with Crippen LogP contribution >= 0.6 is 0 Å². The Balaban J connectivity index is 1.56. The number of rotatable bonds is 5. The van der Waals surface area contributed by atoms with Gasteiger partial charge in [0.05, 0.1) is 6.33 Å². The molecule has 0 radical (unpaired) electrons. The molecule has 1 aliphatic rings. The first-order valence-electron chi connectivity index (χ1n) is 8.84. The molecule has 0 aromatic heterocycles. The first-order valence-corrected chi connectivity index (χ1v) is 8.84. The van der Waals surface area contributed by atoms with E-state index in [9.17, 15) is 4.39 Å². The summed E-state index contributed by atoms with van der Waals surface area (Å²) in [6, 6.07) is 16.6. The highest BCUT2D eigenvalue weighted by atomic mass is 19.1. The molecule has 3 rings (SSSR count). The van der Waals surface area contributed by atoms with Gasteiger partial charge < -0.3 is 4.74 Å².